The second-order valence-corrected chi connectivity index (χ2v) is 6.37. The van der Waals surface area contributed by atoms with Crippen molar-refractivity contribution in [2.24, 2.45) is 11.0 Å². The van der Waals surface area contributed by atoms with Crippen molar-refractivity contribution in [1.82, 2.24) is 0 Å². The molecule has 0 aromatic heterocycles. The molecule has 0 aliphatic heterocycles. The van der Waals surface area contributed by atoms with Gasteiger partial charge in [-0.1, -0.05) is 49.3 Å². The Morgan fingerprint density at radius 2 is 1.90 bits per heavy atom. The van der Waals surface area contributed by atoms with Crippen molar-refractivity contribution in [2.45, 2.75) is 19.3 Å². The van der Waals surface area contributed by atoms with Gasteiger partial charge in [0.25, 0.3) is 0 Å². The largest absolute Gasteiger partial charge is 1.00 e. The summed E-state index contributed by atoms with van der Waals surface area (Å²) in [6, 6.07) is 9.26. The van der Waals surface area contributed by atoms with Gasteiger partial charge in [0.2, 0.25) is 0 Å². The minimum Gasteiger partial charge on any atom is -0.748 e. The van der Waals surface area contributed by atoms with Crippen molar-refractivity contribution >= 4 is 10.1 Å². The molecule has 1 atom stereocenters. The minimum atomic E-state index is -4.38. The third kappa shape index (κ3) is 5.83. The molecule has 1 aromatic rings. The summed E-state index contributed by atoms with van der Waals surface area (Å²) in [6.07, 6.45) is 0. The SMILES string of the molecule is CC(C)(c1ccccc1)C(CN=[N+]=[N-])CS(=O)(=O)[O-].[Na+]. The molecule has 0 N–H and O–H groups in total. The predicted molar refractivity (Wildman–Crippen MR) is 71.5 cm³/mol. The molecular formula is C12H16N3NaO3S. The van der Waals surface area contributed by atoms with Gasteiger partial charge in [-0.15, -0.1) is 0 Å². The summed E-state index contributed by atoms with van der Waals surface area (Å²) in [5.74, 6) is -1.11. The normalized spacial score (nSPS) is 12.9. The van der Waals surface area contributed by atoms with Gasteiger partial charge in [0, 0.05) is 17.2 Å². The molecule has 0 aliphatic rings. The van der Waals surface area contributed by atoms with Crippen LogP contribution in [0.25, 0.3) is 10.4 Å². The Kier molecular flexibility index (Phi) is 7.80. The van der Waals surface area contributed by atoms with Crippen molar-refractivity contribution in [2.75, 3.05) is 12.3 Å². The Balaban J connectivity index is 0.00000361. The standard InChI is InChI=1S/C12H17N3O3S.Na/c1-12(2,10-6-4-3-5-7-10)11(8-14-15-13)9-19(16,17)18;/h3-7,11H,8-9H2,1-2H3,(H,16,17,18);/q;+1/p-1. The maximum absolute atomic E-state index is 11.0. The van der Waals surface area contributed by atoms with Crippen LogP contribution in [-0.2, 0) is 15.5 Å². The Labute approximate surface area is 141 Å². The Morgan fingerprint density at radius 1 is 1.35 bits per heavy atom. The minimum absolute atomic E-state index is 0. The molecule has 1 rings (SSSR count). The fourth-order valence-corrected chi connectivity index (χ4v) is 2.99. The van der Waals surface area contributed by atoms with E-state index in [4.69, 9.17) is 5.53 Å². The zero-order valence-electron chi connectivity index (χ0n) is 11.9. The number of hydrogen-bond donors (Lipinski definition) is 0. The maximum Gasteiger partial charge on any atom is 1.00 e. The van der Waals surface area contributed by atoms with Gasteiger partial charge in [-0.2, -0.15) is 0 Å². The third-order valence-electron chi connectivity index (χ3n) is 3.31. The Bertz CT molecular complexity index is 569. The molecule has 1 aromatic carbocycles. The fourth-order valence-electron chi connectivity index (χ4n) is 1.97. The monoisotopic (exact) mass is 305 g/mol. The zero-order chi connectivity index (χ0) is 14.5. The van der Waals surface area contributed by atoms with Gasteiger partial charge in [0.1, 0.15) is 0 Å². The molecule has 104 valence electrons. The molecule has 1 unspecified atom stereocenters. The van der Waals surface area contributed by atoms with Gasteiger partial charge >= 0.3 is 29.6 Å². The molecule has 0 amide bonds. The quantitative estimate of drug-likeness (QED) is 0.231. The smallest absolute Gasteiger partial charge is 0.748 e. The van der Waals surface area contributed by atoms with Crippen molar-refractivity contribution in [3.63, 3.8) is 0 Å². The van der Waals surface area contributed by atoms with Crippen molar-refractivity contribution < 1.29 is 42.5 Å². The molecule has 0 saturated carbocycles. The van der Waals surface area contributed by atoms with Crippen LogP contribution < -0.4 is 29.6 Å². The fraction of sp³-hybridized carbons (Fsp3) is 0.500. The summed E-state index contributed by atoms with van der Waals surface area (Å²) in [5, 5.41) is 3.43. The molecule has 0 saturated heterocycles. The van der Waals surface area contributed by atoms with E-state index in [-0.39, 0.29) is 36.1 Å². The predicted octanol–water partition coefficient (Wildman–Crippen LogP) is -0.560. The second-order valence-electron chi connectivity index (χ2n) is 4.92. The zero-order valence-corrected chi connectivity index (χ0v) is 14.7. The van der Waals surface area contributed by atoms with Crippen LogP contribution in [0, 0.1) is 5.92 Å². The summed E-state index contributed by atoms with van der Waals surface area (Å²) in [4.78, 5) is 2.64. The molecule has 20 heavy (non-hydrogen) atoms. The molecule has 0 aliphatic carbocycles. The first kappa shape index (κ1) is 19.4. The molecule has 0 fully saturated rings. The first-order valence-corrected chi connectivity index (χ1v) is 7.35. The van der Waals surface area contributed by atoms with Crippen molar-refractivity contribution in [3.05, 3.63) is 46.3 Å². The van der Waals surface area contributed by atoms with Crippen LogP contribution in [0.3, 0.4) is 0 Å². The van der Waals surface area contributed by atoms with E-state index in [9.17, 15) is 13.0 Å². The van der Waals surface area contributed by atoms with E-state index in [1.54, 1.807) is 0 Å². The van der Waals surface area contributed by atoms with Crippen molar-refractivity contribution in [3.8, 4) is 0 Å². The van der Waals surface area contributed by atoms with Gasteiger partial charge < -0.3 is 4.55 Å². The van der Waals surface area contributed by atoms with Crippen LogP contribution in [0.2, 0.25) is 0 Å². The summed E-state index contributed by atoms with van der Waals surface area (Å²) < 4.78 is 33.0. The number of rotatable bonds is 6. The van der Waals surface area contributed by atoms with Crippen LogP contribution in [0.5, 0.6) is 0 Å². The average molecular weight is 305 g/mol. The van der Waals surface area contributed by atoms with Crippen molar-refractivity contribution in [1.29, 1.82) is 0 Å². The van der Waals surface area contributed by atoms with E-state index in [0.717, 1.165) is 5.56 Å². The molecule has 6 nitrogen and oxygen atoms in total. The van der Waals surface area contributed by atoms with Crippen LogP contribution in [0.4, 0.5) is 0 Å². The molecule has 0 radical (unpaired) electrons. The number of nitrogens with zero attached hydrogens (tertiary/aromatic N) is 3. The first-order valence-electron chi connectivity index (χ1n) is 5.77. The third-order valence-corrected chi connectivity index (χ3v) is 4.12. The molecule has 0 heterocycles. The van der Waals surface area contributed by atoms with Crippen LogP contribution in [-0.4, -0.2) is 25.3 Å². The first-order chi connectivity index (χ1) is 8.77. The molecular weight excluding hydrogens is 289 g/mol. The van der Waals surface area contributed by atoms with Gasteiger partial charge in [-0.25, -0.2) is 8.42 Å². The van der Waals surface area contributed by atoms with Crippen LogP contribution in [0.15, 0.2) is 35.4 Å². The second kappa shape index (κ2) is 8.02. The van der Waals surface area contributed by atoms with Gasteiger partial charge in [0.05, 0.1) is 10.1 Å². The summed E-state index contributed by atoms with van der Waals surface area (Å²) in [5.41, 5.74) is 8.70. The molecule has 0 bridgehead atoms. The van der Waals surface area contributed by atoms with E-state index in [1.165, 1.54) is 0 Å². The summed E-state index contributed by atoms with van der Waals surface area (Å²) >= 11 is 0. The van der Waals surface area contributed by atoms with E-state index in [0.29, 0.717) is 0 Å². The Hall–Kier alpha value is -0.560. The van der Waals surface area contributed by atoms with Gasteiger partial charge in [-0.3, -0.25) is 0 Å². The number of azide groups is 1. The average Bonchev–Trinajstić information content (AvgIpc) is 2.34. The topological polar surface area (TPSA) is 106 Å². The molecule has 0 spiro atoms. The van der Waals surface area contributed by atoms with Crippen LogP contribution >= 0.6 is 0 Å². The molecule has 8 heteroatoms. The van der Waals surface area contributed by atoms with Crippen LogP contribution in [0.1, 0.15) is 19.4 Å². The van der Waals surface area contributed by atoms with E-state index >= 15 is 0 Å². The summed E-state index contributed by atoms with van der Waals surface area (Å²) in [6.45, 7) is 3.65. The van der Waals surface area contributed by atoms with E-state index < -0.39 is 27.2 Å². The summed E-state index contributed by atoms with van der Waals surface area (Å²) in [7, 11) is -4.38. The number of benzene rings is 1. The van der Waals surface area contributed by atoms with E-state index in [2.05, 4.69) is 10.0 Å². The van der Waals surface area contributed by atoms with Gasteiger partial charge in [0.15, 0.2) is 0 Å². The Morgan fingerprint density at radius 3 is 2.35 bits per heavy atom. The van der Waals surface area contributed by atoms with E-state index in [1.807, 2.05) is 44.2 Å². The maximum atomic E-state index is 11.0. The number of hydrogen-bond acceptors (Lipinski definition) is 4. The van der Waals surface area contributed by atoms with Gasteiger partial charge in [-0.05, 0) is 22.4 Å².